The van der Waals surface area contributed by atoms with E-state index < -0.39 is 6.23 Å². The van der Waals surface area contributed by atoms with Crippen LogP contribution in [0.1, 0.15) is 13.8 Å². The average Bonchev–Trinajstić information content (AvgIpc) is 1.82. The molecule has 0 bridgehead atoms. The van der Waals surface area contributed by atoms with Crippen molar-refractivity contribution in [2.75, 3.05) is 0 Å². The van der Waals surface area contributed by atoms with Crippen molar-refractivity contribution >= 4 is 28.3 Å². The van der Waals surface area contributed by atoms with Crippen molar-refractivity contribution in [3.63, 3.8) is 0 Å². The van der Waals surface area contributed by atoms with Crippen LogP contribution in [0.5, 0.6) is 0 Å². The Morgan fingerprint density at radius 2 is 2.20 bits per heavy atom. The summed E-state index contributed by atoms with van der Waals surface area (Å²) in [4.78, 5) is 0. The molecule has 0 radical (unpaired) electrons. The first-order valence-electron chi connectivity index (χ1n) is 3.26. The average molecular weight is 177 g/mol. The Hall–Kier alpha value is 0.200. The fourth-order valence-corrected chi connectivity index (χ4v) is 2.29. The lowest BCUT2D eigenvalue weighted by Crippen LogP contribution is -2.45. The number of aliphatic hydroxyl groups excluding tert-OH is 1. The highest BCUT2D eigenvalue weighted by molar-refractivity contribution is 8.23. The lowest BCUT2D eigenvalue weighted by atomic mass is 10.1. The molecule has 0 spiro atoms. The minimum Gasteiger partial charge on any atom is -0.373 e. The highest BCUT2D eigenvalue weighted by atomic mass is 32.2. The standard InChI is InChI=1S/C6H11NOS2/c1-3-4(2)10-6(9)7-5(3)8/h3-5,8H,1-2H3,(H,7,9). The van der Waals surface area contributed by atoms with Gasteiger partial charge in [0.25, 0.3) is 0 Å². The molecule has 2 nitrogen and oxygen atoms in total. The smallest absolute Gasteiger partial charge is 0.136 e. The molecule has 10 heavy (non-hydrogen) atoms. The largest absolute Gasteiger partial charge is 0.373 e. The molecular weight excluding hydrogens is 166 g/mol. The summed E-state index contributed by atoms with van der Waals surface area (Å²) in [6, 6.07) is 0. The Bertz CT molecular complexity index is 137. The van der Waals surface area contributed by atoms with Crippen LogP contribution in [0.4, 0.5) is 0 Å². The van der Waals surface area contributed by atoms with Crippen molar-refractivity contribution < 1.29 is 5.11 Å². The number of hydrogen-bond acceptors (Lipinski definition) is 3. The molecule has 0 saturated carbocycles. The summed E-state index contributed by atoms with van der Waals surface area (Å²) >= 11 is 6.52. The first kappa shape index (κ1) is 8.30. The van der Waals surface area contributed by atoms with Crippen LogP contribution in [0.2, 0.25) is 0 Å². The van der Waals surface area contributed by atoms with Crippen LogP contribution in [0.25, 0.3) is 0 Å². The lowest BCUT2D eigenvalue weighted by molar-refractivity contribution is 0.102. The molecule has 1 aliphatic rings. The third-order valence-corrected chi connectivity index (χ3v) is 3.34. The molecule has 2 N–H and O–H groups in total. The summed E-state index contributed by atoms with van der Waals surface area (Å²) in [5, 5.41) is 12.5. The molecule has 0 aliphatic carbocycles. The number of hydrogen-bond donors (Lipinski definition) is 2. The summed E-state index contributed by atoms with van der Waals surface area (Å²) in [5.74, 6) is 0.275. The van der Waals surface area contributed by atoms with Gasteiger partial charge in [-0.25, -0.2) is 0 Å². The Kier molecular flexibility index (Phi) is 2.55. The van der Waals surface area contributed by atoms with Gasteiger partial charge in [-0.1, -0.05) is 37.8 Å². The molecule has 3 unspecified atom stereocenters. The van der Waals surface area contributed by atoms with E-state index in [4.69, 9.17) is 12.2 Å². The van der Waals surface area contributed by atoms with Crippen LogP contribution >= 0.6 is 24.0 Å². The number of aliphatic hydroxyl groups is 1. The fraction of sp³-hybridized carbons (Fsp3) is 0.833. The number of rotatable bonds is 0. The van der Waals surface area contributed by atoms with Gasteiger partial charge in [0.2, 0.25) is 0 Å². The molecule has 0 amide bonds. The van der Waals surface area contributed by atoms with Crippen LogP contribution in [0.3, 0.4) is 0 Å². The van der Waals surface area contributed by atoms with Gasteiger partial charge >= 0.3 is 0 Å². The first-order chi connectivity index (χ1) is 4.61. The van der Waals surface area contributed by atoms with Crippen molar-refractivity contribution in [2.45, 2.75) is 25.3 Å². The second-order valence-corrected chi connectivity index (χ2v) is 4.61. The van der Waals surface area contributed by atoms with Crippen LogP contribution in [0, 0.1) is 5.92 Å². The summed E-state index contributed by atoms with van der Waals surface area (Å²) < 4.78 is 0.707. The van der Waals surface area contributed by atoms with Crippen molar-refractivity contribution in [2.24, 2.45) is 5.92 Å². The van der Waals surface area contributed by atoms with Gasteiger partial charge in [0.1, 0.15) is 10.5 Å². The first-order valence-corrected chi connectivity index (χ1v) is 4.55. The molecule has 3 atom stereocenters. The molecule has 1 heterocycles. The number of nitrogens with one attached hydrogen (secondary N) is 1. The fourth-order valence-electron chi connectivity index (χ4n) is 0.819. The Morgan fingerprint density at radius 3 is 2.70 bits per heavy atom. The number of thioether (sulfide) groups is 1. The van der Waals surface area contributed by atoms with Gasteiger partial charge in [-0.2, -0.15) is 0 Å². The third kappa shape index (κ3) is 1.62. The van der Waals surface area contributed by atoms with Gasteiger partial charge in [-0.15, -0.1) is 0 Å². The van der Waals surface area contributed by atoms with E-state index in [0.29, 0.717) is 9.57 Å². The van der Waals surface area contributed by atoms with Crippen molar-refractivity contribution in [1.29, 1.82) is 0 Å². The minimum atomic E-state index is -0.455. The van der Waals surface area contributed by atoms with E-state index >= 15 is 0 Å². The van der Waals surface area contributed by atoms with Gasteiger partial charge in [0.15, 0.2) is 0 Å². The predicted octanol–water partition coefficient (Wildman–Crippen LogP) is 0.951. The Morgan fingerprint density at radius 1 is 1.60 bits per heavy atom. The summed E-state index contributed by atoms with van der Waals surface area (Å²) in [5.41, 5.74) is 0. The number of thiocarbonyl (C=S) groups is 1. The maximum atomic E-state index is 9.31. The Labute approximate surface area is 70.4 Å². The van der Waals surface area contributed by atoms with Crippen molar-refractivity contribution in [3.8, 4) is 0 Å². The van der Waals surface area contributed by atoms with E-state index in [1.54, 1.807) is 11.8 Å². The minimum absolute atomic E-state index is 0.275. The molecule has 1 aliphatic heterocycles. The Balaban J connectivity index is 2.57. The molecule has 58 valence electrons. The zero-order valence-corrected chi connectivity index (χ0v) is 7.63. The zero-order chi connectivity index (χ0) is 7.72. The lowest BCUT2D eigenvalue weighted by Gasteiger charge is -2.31. The van der Waals surface area contributed by atoms with Crippen LogP contribution in [-0.4, -0.2) is 20.9 Å². The van der Waals surface area contributed by atoms with E-state index in [0.717, 1.165) is 0 Å². The van der Waals surface area contributed by atoms with Gasteiger partial charge in [-0.05, 0) is 0 Å². The van der Waals surface area contributed by atoms with E-state index in [2.05, 4.69) is 12.2 Å². The molecule has 1 rings (SSSR count). The summed E-state index contributed by atoms with van der Waals surface area (Å²) in [6.45, 7) is 4.09. The molecule has 1 fully saturated rings. The monoisotopic (exact) mass is 177 g/mol. The maximum Gasteiger partial charge on any atom is 0.136 e. The zero-order valence-electron chi connectivity index (χ0n) is 6.00. The van der Waals surface area contributed by atoms with Crippen molar-refractivity contribution in [1.82, 2.24) is 5.32 Å². The SMILES string of the molecule is CC1SC(=S)NC(O)C1C. The molecule has 4 heteroatoms. The van der Waals surface area contributed by atoms with E-state index in [1.165, 1.54) is 0 Å². The van der Waals surface area contributed by atoms with Gasteiger partial charge in [-0.3, -0.25) is 0 Å². The molecule has 0 aromatic carbocycles. The summed E-state index contributed by atoms with van der Waals surface area (Å²) in [6.07, 6.45) is -0.455. The van der Waals surface area contributed by atoms with E-state index in [1.807, 2.05) is 6.92 Å². The van der Waals surface area contributed by atoms with Gasteiger partial charge in [0.05, 0.1) is 0 Å². The maximum absolute atomic E-state index is 9.31. The van der Waals surface area contributed by atoms with E-state index in [-0.39, 0.29) is 5.92 Å². The molecular formula is C6H11NOS2. The summed E-state index contributed by atoms with van der Waals surface area (Å²) in [7, 11) is 0. The van der Waals surface area contributed by atoms with Gasteiger partial charge < -0.3 is 10.4 Å². The van der Waals surface area contributed by atoms with Crippen LogP contribution < -0.4 is 5.32 Å². The van der Waals surface area contributed by atoms with Crippen molar-refractivity contribution in [3.05, 3.63) is 0 Å². The van der Waals surface area contributed by atoms with Gasteiger partial charge in [0, 0.05) is 11.2 Å². The topological polar surface area (TPSA) is 32.3 Å². The normalized spacial score (nSPS) is 41.1. The molecule has 0 aromatic rings. The van der Waals surface area contributed by atoms with Crippen LogP contribution in [-0.2, 0) is 0 Å². The second-order valence-electron chi connectivity index (χ2n) is 2.56. The molecule has 0 aromatic heterocycles. The highest BCUT2D eigenvalue weighted by Gasteiger charge is 2.27. The van der Waals surface area contributed by atoms with Crippen LogP contribution in [0.15, 0.2) is 0 Å². The third-order valence-electron chi connectivity index (χ3n) is 1.80. The van der Waals surface area contributed by atoms with E-state index in [9.17, 15) is 5.11 Å². The quantitative estimate of drug-likeness (QED) is 0.540. The predicted molar refractivity (Wildman–Crippen MR) is 48.0 cm³/mol. The molecule has 1 saturated heterocycles. The second kappa shape index (κ2) is 3.07. The highest BCUT2D eigenvalue weighted by Crippen LogP contribution is 2.26.